The topological polar surface area (TPSA) is 89.3 Å². The molecule has 0 atom stereocenters. The van der Waals surface area contributed by atoms with Crippen molar-refractivity contribution >= 4 is 17.5 Å². The normalized spacial score (nSPS) is 10.5. The summed E-state index contributed by atoms with van der Waals surface area (Å²) in [5, 5.41) is 19.8. The van der Waals surface area contributed by atoms with Crippen LogP contribution in [0.15, 0.2) is 24.3 Å². The van der Waals surface area contributed by atoms with Crippen molar-refractivity contribution in [1.29, 1.82) is 0 Å². The highest BCUT2D eigenvalue weighted by Gasteiger charge is 2.20. The molecule has 1 amide bonds. The molecule has 0 saturated heterocycles. The number of nitrogens with one attached hydrogen (secondary N) is 1. The third kappa shape index (κ3) is 3.75. The molecule has 0 saturated carbocycles. The Kier molecular flexibility index (Phi) is 5.74. The molecule has 118 valence electrons. The zero-order chi connectivity index (χ0) is 15.9. The van der Waals surface area contributed by atoms with E-state index in [9.17, 15) is 4.79 Å². The van der Waals surface area contributed by atoms with E-state index in [-0.39, 0.29) is 18.2 Å². The van der Waals surface area contributed by atoms with Gasteiger partial charge in [0.1, 0.15) is 0 Å². The van der Waals surface area contributed by atoms with Crippen molar-refractivity contribution in [2.75, 3.05) is 20.3 Å². The number of carbonyl (C=O) groups is 1. The number of carbonyl (C=O) groups excluding carboxylic acids is 1. The number of rotatable bonds is 7. The second-order valence-electron chi connectivity index (χ2n) is 4.53. The van der Waals surface area contributed by atoms with E-state index in [4.69, 9.17) is 21.4 Å². The van der Waals surface area contributed by atoms with Crippen LogP contribution >= 0.6 is 11.6 Å². The average molecular weight is 325 g/mol. The molecule has 2 rings (SSSR count). The van der Waals surface area contributed by atoms with Gasteiger partial charge in [0.2, 0.25) is 11.6 Å². The van der Waals surface area contributed by atoms with Crippen LogP contribution in [0.2, 0.25) is 5.02 Å². The van der Waals surface area contributed by atoms with Gasteiger partial charge in [-0.3, -0.25) is 4.79 Å². The monoisotopic (exact) mass is 324 g/mol. The Morgan fingerprint density at radius 1 is 1.45 bits per heavy atom. The molecule has 0 aliphatic carbocycles. The number of halogens is 1. The van der Waals surface area contributed by atoms with Crippen LogP contribution in [0.4, 0.5) is 0 Å². The van der Waals surface area contributed by atoms with Gasteiger partial charge in [0.25, 0.3) is 5.91 Å². The molecule has 1 aromatic carbocycles. The third-order valence-electron chi connectivity index (χ3n) is 3.00. The second-order valence-corrected chi connectivity index (χ2v) is 4.94. The number of hydrogen-bond donors (Lipinski definition) is 2. The van der Waals surface area contributed by atoms with Crippen molar-refractivity contribution in [3.8, 4) is 5.88 Å². The first-order valence-electron chi connectivity index (χ1n) is 6.77. The van der Waals surface area contributed by atoms with Gasteiger partial charge in [-0.15, -0.1) is 5.10 Å². The zero-order valence-corrected chi connectivity index (χ0v) is 12.9. The molecule has 1 heterocycles. The molecule has 0 aliphatic rings. The molecular formula is C14H17ClN4O3. The highest BCUT2D eigenvalue weighted by molar-refractivity contribution is 6.31. The van der Waals surface area contributed by atoms with Gasteiger partial charge >= 0.3 is 0 Å². The van der Waals surface area contributed by atoms with Gasteiger partial charge in [-0.05, 0) is 18.1 Å². The number of amides is 1. The van der Waals surface area contributed by atoms with Crippen molar-refractivity contribution in [3.05, 3.63) is 40.5 Å². The smallest absolute Gasteiger partial charge is 0.277 e. The highest BCUT2D eigenvalue weighted by atomic mass is 35.5. The molecule has 0 unspecified atom stereocenters. The number of ether oxygens (including phenoxy) is 1. The van der Waals surface area contributed by atoms with E-state index in [0.717, 1.165) is 5.56 Å². The molecule has 0 bridgehead atoms. The van der Waals surface area contributed by atoms with E-state index in [2.05, 4.69) is 15.6 Å². The standard InChI is InChI=1S/C14H17ClN4O3/c1-22-14-12(13(21)16-7-4-8-20)17-18-19(14)9-10-5-2-3-6-11(10)15/h2-3,5-6,20H,4,7-9H2,1H3,(H,16,21). The number of aliphatic hydroxyl groups excluding tert-OH is 1. The van der Waals surface area contributed by atoms with Crippen LogP contribution in [0.1, 0.15) is 22.5 Å². The summed E-state index contributed by atoms with van der Waals surface area (Å²) in [6.07, 6.45) is 0.474. The Hall–Kier alpha value is -2.12. The number of hydrogen-bond acceptors (Lipinski definition) is 5. The molecule has 2 N–H and O–H groups in total. The highest BCUT2D eigenvalue weighted by Crippen LogP contribution is 2.20. The van der Waals surface area contributed by atoms with Crippen molar-refractivity contribution in [1.82, 2.24) is 20.3 Å². The van der Waals surface area contributed by atoms with Crippen LogP contribution in [0.3, 0.4) is 0 Å². The second kappa shape index (κ2) is 7.77. The number of methoxy groups -OCH3 is 1. The molecule has 7 nitrogen and oxygen atoms in total. The summed E-state index contributed by atoms with van der Waals surface area (Å²) in [5.74, 6) is -0.128. The van der Waals surface area contributed by atoms with Gasteiger partial charge < -0.3 is 15.2 Å². The minimum Gasteiger partial charge on any atom is -0.479 e. The SMILES string of the molecule is COc1c(C(=O)NCCCO)nnn1Cc1ccccc1Cl. The van der Waals surface area contributed by atoms with Crippen molar-refractivity contribution in [3.63, 3.8) is 0 Å². The predicted molar refractivity (Wildman–Crippen MR) is 81.2 cm³/mol. The molecule has 0 radical (unpaired) electrons. The first-order chi connectivity index (χ1) is 10.7. The fraction of sp³-hybridized carbons (Fsp3) is 0.357. The number of aromatic nitrogens is 3. The van der Waals surface area contributed by atoms with Crippen molar-refractivity contribution in [2.45, 2.75) is 13.0 Å². The van der Waals surface area contributed by atoms with Crippen molar-refractivity contribution in [2.24, 2.45) is 0 Å². The number of nitrogens with zero attached hydrogens (tertiary/aromatic N) is 3. The lowest BCUT2D eigenvalue weighted by Crippen LogP contribution is -2.26. The first-order valence-corrected chi connectivity index (χ1v) is 7.15. The molecule has 8 heteroatoms. The van der Waals surface area contributed by atoms with Gasteiger partial charge in [0.15, 0.2) is 0 Å². The summed E-state index contributed by atoms with van der Waals surface area (Å²) in [4.78, 5) is 12.0. The summed E-state index contributed by atoms with van der Waals surface area (Å²) in [6.45, 7) is 0.715. The molecule has 1 aromatic heterocycles. The largest absolute Gasteiger partial charge is 0.479 e. The maximum Gasteiger partial charge on any atom is 0.277 e. The fourth-order valence-corrected chi connectivity index (χ4v) is 2.10. The Morgan fingerprint density at radius 2 is 2.23 bits per heavy atom. The van der Waals surface area contributed by atoms with Crippen molar-refractivity contribution < 1.29 is 14.6 Å². The van der Waals surface area contributed by atoms with Gasteiger partial charge in [0, 0.05) is 18.2 Å². The molecule has 0 aliphatic heterocycles. The third-order valence-corrected chi connectivity index (χ3v) is 3.37. The van der Waals surface area contributed by atoms with Crippen LogP contribution in [0.5, 0.6) is 5.88 Å². The van der Waals surface area contributed by atoms with Crippen LogP contribution in [-0.2, 0) is 6.54 Å². The molecule has 0 fully saturated rings. The van der Waals surface area contributed by atoms with Crippen LogP contribution in [0.25, 0.3) is 0 Å². The Bertz CT molecular complexity index is 645. The minimum atomic E-state index is -0.393. The van der Waals surface area contributed by atoms with Gasteiger partial charge in [-0.25, -0.2) is 4.68 Å². The maximum absolute atomic E-state index is 12.0. The summed E-state index contributed by atoms with van der Waals surface area (Å²) in [6, 6.07) is 7.35. The maximum atomic E-state index is 12.0. The first kappa shape index (κ1) is 16.3. The zero-order valence-electron chi connectivity index (χ0n) is 12.1. The van der Waals surface area contributed by atoms with Gasteiger partial charge in [-0.2, -0.15) is 0 Å². The Balaban J connectivity index is 2.17. The van der Waals surface area contributed by atoms with Crippen LogP contribution in [0, 0.1) is 0 Å². The van der Waals surface area contributed by atoms with E-state index in [0.29, 0.717) is 24.5 Å². The number of benzene rings is 1. The van der Waals surface area contributed by atoms with Gasteiger partial charge in [-0.1, -0.05) is 35.0 Å². The fourth-order valence-electron chi connectivity index (χ4n) is 1.91. The molecular weight excluding hydrogens is 308 g/mol. The Labute approximate surface area is 132 Å². The van der Waals surface area contributed by atoms with E-state index in [1.54, 1.807) is 6.07 Å². The van der Waals surface area contributed by atoms with E-state index in [1.165, 1.54) is 11.8 Å². The Morgan fingerprint density at radius 3 is 2.91 bits per heavy atom. The average Bonchev–Trinajstić information content (AvgIpc) is 2.92. The lowest BCUT2D eigenvalue weighted by atomic mass is 10.2. The molecule has 0 spiro atoms. The summed E-state index contributed by atoms with van der Waals surface area (Å²) >= 11 is 6.12. The van der Waals surface area contributed by atoms with E-state index >= 15 is 0 Å². The summed E-state index contributed by atoms with van der Waals surface area (Å²) in [5.41, 5.74) is 0.951. The summed E-state index contributed by atoms with van der Waals surface area (Å²) in [7, 11) is 1.45. The van der Waals surface area contributed by atoms with Gasteiger partial charge in [0.05, 0.1) is 13.7 Å². The lowest BCUT2D eigenvalue weighted by molar-refractivity contribution is 0.0942. The van der Waals surface area contributed by atoms with E-state index < -0.39 is 5.91 Å². The molecule has 22 heavy (non-hydrogen) atoms. The van der Waals surface area contributed by atoms with E-state index in [1.807, 2.05) is 18.2 Å². The minimum absolute atomic E-state index is 0.0105. The van der Waals surface area contributed by atoms with Crippen LogP contribution < -0.4 is 10.1 Å². The number of aliphatic hydroxyl groups is 1. The summed E-state index contributed by atoms with van der Waals surface area (Å²) < 4.78 is 6.72. The lowest BCUT2D eigenvalue weighted by Gasteiger charge is -2.08. The quantitative estimate of drug-likeness (QED) is 0.744. The predicted octanol–water partition coefficient (Wildman–Crippen LogP) is 1.10. The van der Waals surface area contributed by atoms with Crippen LogP contribution in [-0.4, -0.2) is 46.3 Å². The molecule has 2 aromatic rings.